The van der Waals surface area contributed by atoms with Crippen LogP contribution in [0, 0.1) is 5.82 Å². The van der Waals surface area contributed by atoms with Crippen LogP contribution < -0.4 is 5.32 Å². The maximum Gasteiger partial charge on any atom is 0.123 e. The Labute approximate surface area is 107 Å². The molecule has 0 radical (unpaired) electrons. The maximum atomic E-state index is 13.0. The number of hydrogen-bond donors (Lipinski definition) is 1. The van der Waals surface area contributed by atoms with Crippen LogP contribution in [0.4, 0.5) is 4.39 Å². The van der Waals surface area contributed by atoms with E-state index in [-0.39, 0.29) is 5.82 Å². The van der Waals surface area contributed by atoms with Crippen molar-refractivity contribution in [3.05, 3.63) is 35.6 Å². The molecule has 1 aliphatic rings. The van der Waals surface area contributed by atoms with Crippen molar-refractivity contribution in [2.24, 2.45) is 0 Å². The van der Waals surface area contributed by atoms with Gasteiger partial charge in [-0.25, -0.2) is 4.39 Å². The summed E-state index contributed by atoms with van der Waals surface area (Å²) < 4.78 is 13.0. The van der Waals surface area contributed by atoms with Crippen LogP contribution >= 0.6 is 11.8 Å². The predicted octanol–water partition coefficient (Wildman–Crippen LogP) is 3.59. The molecule has 0 spiro atoms. The van der Waals surface area contributed by atoms with Crippen molar-refractivity contribution < 1.29 is 4.39 Å². The second-order valence-electron chi connectivity index (χ2n) is 4.60. The molecule has 0 bridgehead atoms. The van der Waals surface area contributed by atoms with Crippen LogP contribution in [-0.4, -0.2) is 17.0 Å². The molecule has 1 aromatic rings. The number of halogens is 1. The zero-order valence-corrected chi connectivity index (χ0v) is 11.1. The summed E-state index contributed by atoms with van der Waals surface area (Å²) in [6.07, 6.45) is 3.83. The third-order valence-corrected chi connectivity index (χ3v) is 4.50. The molecule has 94 valence electrons. The number of thioether (sulfide) groups is 1. The van der Waals surface area contributed by atoms with Crippen LogP contribution in [-0.2, 0) is 6.54 Å². The van der Waals surface area contributed by atoms with Crippen molar-refractivity contribution in [2.45, 2.75) is 44.0 Å². The van der Waals surface area contributed by atoms with E-state index in [0.29, 0.717) is 6.04 Å². The summed E-state index contributed by atoms with van der Waals surface area (Å²) in [5, 5.41) is 4.36. The van der Waals surface area contributed by atoms with E-state index in [1.54, 1.807) is 12.1 Å². The molecular formula is C14H20FNS. The molecule has 1 nitrogen and oxygen atoms in total. The Morgan fingerprint density at radius 3 is 3.06 bits per heavy atom. The van der Waals surface area contributed by atoms with Crippen molar-refractivity contribution in [1.29, 1.82) is 0 Å². The number of benzene rings is 1. The molecule has 0 amide bonds. The Bertz CT molecular complexity index is 356. The highest BCUT2D eigenvalue weighted by molar-refractivity contribution is 7.99. The van der Waals surface area contributed by atoms with Gasteiger partial charge in [-0.05, 0) is 42.7 Å². The van der Waals surface area contributed by atoms with Crippen molar-refractivity contribution in [2.75, 3.05) is 5.75 Å². The van der Waals surface area contributed by atoms with Crippen LogP contribution in [0.3, 0.4) is 0 Å². The lowest BCUT2D eigenvalue weighted by atomic mass is 10.2. The Morgan fingerprint density at radius 2 is 2.29 bits per heavy atom. The van der Waals surface area contributed by atoms with Crippen molar-refractivity contribution >= 4 is 11.8 Å². The fraction of sp³-hybridized carbons (Fsp3) is 0.571. The summed E-state index contributed by atoms with van der Waals surface area (Å²) in [5.74, 6) is 1.07. The first kappa shape index (κ1) is 12.9. The Balaban J connectivity index is 1.76. The monoisotopic (exact) mass is 253 g/mol. The van der Waals surface area contributed by atoms with Crippen molar-refractivity contribution in [3.63, 3.8) is 0 Å². The molecule has 2 unspecified atom stereocenters. The van der Waals surface area contributed by atoms with Crippen LogP contribution in [0.2, 0.25) is 0 Å². The summed E-state index contributed by atoms with van der Waals surface area (Å²) in [4.78, 5) is 0. The Morgan fingerprint density at radius 1 is 1.41 bits per heavy atom. The van der Waals surface area contributed by atoms with Gasteiger partial charge in [0.05, 0.1) is 0 Å². The third-order valence-electron chi connectivity index (χ3n) is 3.27. The van der Waals surface area contributed by atoms with E-state index >= 15 is 0 Å². The second-order valence-corrected chi connectivity index (χ2v) is 6.18. The first-order valence-electron chi connectivity index (χ1n) is 6.37. The van der Waals surface area contributed by atoms with Crippen LogP contribution in [0.5, 0.6) is 0 Å². The predicted molar refractivity (Wildman–Crippen MR) is 72.8 cm³/mol. The highest BCUT2D eigenvalue weighted by Crippen LogP contribution is 2.29. The molecule has 0 saturated heterocycles. The highest BCUT2D eigenvalue weighted by Gasteiger charge is 2.23. The van der Waals surface area contributed by atoms with E-state index in [9.17, 15) is 4.39 Å². The van der Waals surface area contributed by atoms with E-state index in [1.165, 1.54) is 31.1 Å². The van der Waals surface area contributed by atoms with Gasteiger partial charge in [0.25, 0.3) is 0 Å². The molecule has 17 heavy (non-hydrogen) atoms. The summed E-state index contributed by atoms with van der Waals surface area (Å²) in [6, 6.07) is 7.47. The van der Waals surface area contributed by atoms with E-state index < -0.39 is 0 Å². The van der Waals surface area contributed by atoms with Gasteiger partial charge in [-0.1, -0.05) is 19.1 Å². The zero-order valence-electron chi connectivity index (χ0n) is 10.3. The van der Waals surface area contributed by atoms with Gasteiger partial charge in [-0.2, -0.15) is 11.8 Å². The molecule has 1 saturated carbocycles. The molecule has 2 rings (SSSR count). The standard InChI is InChI=1S/C14H20FNS/c1-2-17-14-7-6-13(9-14)16-10-11-4-3-5-12(15)8-11/h3-5,8,13-14,16H,2,6-7,9-10H2,1H3. The van der Waals surface area contributed by atoms with Crippen LogP contribution in [0.25, 0.3) is 0 Å². The molecule has 1 N–H and O–H groups in total. The van der Waals surface area contributed by atoms with E-state index in [0.717, 1.165) is 17.4 Å². The molecular weight excluding hydrogens is 233 g/mol. The van der Waals surface area contributed by atoms with Crippen molar-refractivity contribution in [3.8, 4) is 0 Å². The van der Waals surface area contributed by atoms with E-state index in [2.05, 4.69) is 24.0 Å². The quantitative estimate of drug-likeness (QED) is 0.860. The smallest absolute Gasteiger partial charge is 0.123 e. The molecule has 0 aromatic heterocycles. The van der Waals surface area contributed by atoms with Gasteiger partial charge >= 0.3 is 0 Å². The SMILES string of the molecule is CCSC1CCC(NCc2cccc(F)c2)C1. The van der Waals surface area contributed by atoms with Crippen LogP contribution in [0.15, 0.2) is 24.3 Å². The first-order chi connectivity index (χ1) is 8.28. The average molecular weight is 253 g/mol. The minimum absolute atomic E-state index is 0.143. The normalized spacial score (nSPS) is 24.1. The van der Waals surface area contributed by atoms with Gasteiger partial charge in [0.15, 0.2) is 0 Å². The summed E-state index contributed by atoms with van der Waals surface area (Å²) in [6.45, 7) is 3.00. The molecule has 0 heterocycles. The molecule has 0 aliphatic heterocycles. The second kappa shape index (κ2) is 6.41. The molecule has 3 heteroatoms. The molecule has 1 aromatic carbocycles. The fourth-order valence-corrected chi connectivity index (χ4v) is 3.56. The van der Waals surface area contributed by atoms with E-state index in [4.69, 9.17) is 0 Å². The largest absolute Gasteiger partial charge is 0.310 e. The van der Waals surface area contributed by atoms with Gasteiger partial charge in [0, 0.05) is 17.8 Å². The lowest BCUT2D eigenvalue weighted by molar-refractivity contribution is 0.523. The van der Waals surface area contributed by atoms with Crippen molar-refractivity contribution in [1.82, 2.24) is 5.32 Å². The maximum absolute atomic E-state index is 13.0. The molecule has 2 atom stereocenters. The number of nitrogens with one attached hydrogen (secondary N) is 1. The number of hydrogen-bond acceptors (Lipinski definition) is 2. The van der Waals surface area contributed by atoms with Gasteiger partial charge in [-0.15, -0.1) is 0 Å². The first-order valence-corrected chi connectivity index (χ1v) is 7.42. The molecule has 1 fully saturated rings. The van der Waals surface area contributed by atoms with Gasteiger partial charge in [0.2, 0.25) is 0 Å². The molecule has 1 aliphatic carbocycles. The average Bonchev–Trinajstić information content (AvgIpc) is 2.75. The summed E-state index contributed by atoms with van der Waals surface area (Å²) >= 11 is 2.07. The lowest BCUT2D eigenvalue weighted by Crippen LogP contribution is -2.26. The Kier molecular flexibility index (Phi) is 4.86. The topological polar surface area (TPSA) is 12.0 Å². The van der Waals surface area contributed by atoms with Gasteiger partial charge < -0.3 is 5.32 Å². The minimum Gasteiger partial charge on any atom is -0.310 e. The highest BCUT2D eigenvalue weighted by atomic mass is 32.2. The number of rotatable bonds is 5. The van der Waals surface area contributed by atoms with Crippen LogP contribution in [0.1, 0.15) is 31.7 Å². The summed E-state index contributed by atoms with van der Waals surface area (Å²) in [7, 11) is 0. The zero-order chi connectivity index (χ0) is 12.1. The lowest BCUT2D eigenvalue weighted by Gasteiger charge is -2.13. The summed E-state index contributed by atoms with van der Waals surface area (Å²) in [5.41, 5.74) is 1.04. The third kappa shape index (κ3) is 4.00. The Hall–Kier alpha value is -0.540. The minimum atomic E-state index is -0.143. The fourth-order valence-electron chi connectivity index (χ4n) is 2.42. The van der Waals surface area contributed by atoms with Gasteiger partial charge in [-0.3, -0.25) is 0 Å². The van der Waals surface area contributed by atoms with E-state index in [1.807, 2.05) is 6.07 Å². The van der Waals surface area contributed by atoms with Gasteiger partial charge in [0.1, 0.15) is 5.82 Å².